The summed E-state index contributed by atoms with van der Waals surface area (Å²) in [5.74, 6) is -0.844. The van der Waals surface area contributed by atoms with Crippen LogP contribution in [-0.4, -0.2) is 37.2 Å². The summed E-state index contributed by atoms with van der Waals surface area (Å²) < 4.78 is 17.0. The topological polar surface area (TPSA) is 78.9 Å². The molecule has 0 rings (SSSR count). The Kier molecular flexibility index (Phi) is 68.6. The summed E-state index contributed by atoms with van der Waals surface area (Å²) in [6.45, 7) is 6.69. The van der Waals surface area contributed by atoms with Gasteiger partial charge in [0.1, 0.15) is 13.2 Å². The first kappa shape index (κ1) is 79.4. The number of unbranched alkanes of at least 4 members (excludes halogenated alkanes) is 49. The lowest BCUT2D eigenvalue weighted by molar-refractivity contribution is -0.167. The van der Waals surface area contributed by atoms with Crippen LogP contribution in [0.2, 0.25) is 0 Å². The zero-order valence-corrected chi connectivity index (χ0v) is 55.3. The third-order valence-electron chi connectivity index (χ3n) is 16.6. The van der Waals surface area contributed by atoms with Gasteiger partial charge in [0.15, 0.2) is 6.10 Å². The maximum absolute atomic E-state index is 12.9. The Morgan fingerprint density at radius 3 is 0.695 bits per heavy atom. The second kappa shape index (κ2) is 70.9. The molecule has 0 saturated heterocycles. The SMILES string of the molecule is CCCCCCC/C=C\C/C=C\C/C=C\CCCCCCCCCCCCCCCCCCC(=O)OCC(COC(=O)CCCCCCCCCCCCCCCCC)OC(=O)CCCCCCCCC/C=C\CCCCCCCCC. The molecule has 1 unspecified atom stereocenters. The van der Waals surface area contributed by atoms with Crippen LogP contribution in [-0.2, 0) is 28.6 Å². The number of rotatable bonds is 68. The van der Waals surface area contributed by atoms with E-state index in [1.807, 2.05) is 0 Å². The molecule has 6 nitrogen and oxygen atoms in total. The molecule has 0 bridgehead atoms. The third kappa shape index (κ3) is 68.2. The third-order valence-corrected chi connectivity index (χ3v) is 16.6. The number of hydrogen-bond acceptors (Lipinski definition) is 6. The van der Waals surface area contributed by atoms with Gasteiger partial charge in [0.2, 0.25) is 0 Å². The van der Waals surface area contributed by atoms with E-state index in [1.165, 1.54) is 289 Å². The molecule has 0 aromatic heterocycles. The predicted molar refractivity (Wildman–Crippen MR) is 358 cm³/mol. The van der Waals surface area contributed by atoms with Crippen LogP contribution in [0.4, 0.5) is 0 Å². The molecule has 0 aliphatic heterocycles. The predicted octanol–water partition coefficient (Wildman–Crippen LogP) is 25.3. The minimum absolute atomic E-state index is 0.0690. The fraction of sp³-hybridized carbons (Fsp3) is 0.855. The van der Waals surface area contributed by atoms with Crippen molar-refractivity contribution in [3.8, 4) is 0 Å². The Hall–Kier alpha value is -2.63. The van der Waals surface area contributed by atoms with Gasteiger partial charge in [-0.1, -0.05) is 345 Å². The van der Waals surface area contributed by atoms with Gasteiger partial charge in [0.05, 0.1) is 0 Å². The van der Waals surface area contributed by atoms with E-state index in [0.717, 1.165) is 70.6 Å². The minimum Gasteiger partial charge on any atom is -0.462 e. The van der Waals surface area contributed by atoms with Crippen molar-refractivity contribution in [3.05, 3.63) is 48.6 Å². The number of hydrogen-bond donors (Lipinski definition) is 0. The quantitative estimate of drug-likeness (QED) is 0.0261. The van der Waals surface area contributed by atoms with E-state index in [2.05, 4.69) is 69.4 Å². The Bertz CT molecular complexity index is 1410. The zero-order chi connectivity index (χ0) is 59.2. The first-order valence-electron chi connectivity index (χ1n) is 36.6. The average Bonchev–Trinajstić information content (AvgIpc) is 3.47. The van der Waals surface area contributed by atoms with Crippen LogP contribution in [0, 0.1) is 0 Å². The van der Waals surface area contributed by atoms with E-state index < -0.39 is 6.10 Å². The number of carbonyl (C=O) groups is 3. The van der Waals surface area contributed by atoms with Crippen molar-refractivity contribution in [3.63, 3.8) is 0 Å². The molecule has 0 amide bonds. The van der Waals surface area contributed by atoms with E-state index in [1.54, 1.807) is 0 Å². The normalized spacial score (nSPS) is 12.3. The summed E-state index contributed by atoms with van der Waals surface area (Å²) in [4.78, 5) is 38.5. The van der Waals surface area contributed by atoms with Crippen LogP contribution >= 0.6 is 0 Å². The van der Waals surface area contributed by atoms with Gasteiger partial charge in [-0.2, -0.15) is 0 Å². The average molecular weight is 1150 g/mol. The summed E-state index contributed by atoms with van der Waals surface area (Å²) in [5, 5.41) is 0. The Morgan fingerprint density at radius 1 is 0.244 bits per heavy atom. The van der Waals surface area contributed by atoms with Gasteiger partial charge in [0.25, 0.3) is 0 Å². The van der Waals surface area contributed by atoms with Gasteiger partial charge in [-0.25, -0.2) is 0 Å². The number of ether oxygens (including phenoxy) is 3. The fourth-order valence-corrected chi connectivity index (χ4v) is 11.0. The van der Waals surface area contributed by atoms with Crippen LogP contribution in [0.15, 0.2) is 48.6 Å². The highest BCUT2D eigenvalue weighted by Gasteiger charge is 2.19. The van der Waals surface area contributed by atoms with Crippen molar-refractivity contribution < 1.29 is 28.6 Å². The van der Waals surface area contributed by atoms with Gasteiger partial charge in [-0.05, 0) is 83.5 Å². The van der Waals surface area contributed by atoms with E-state index in [9.17, 15) is 14.4 Å². The highest BCUT2D eigenvalue weighted by molar-refractivity contribution is 5.71. The second-order valence-corrected chi connectivity index (χ2v) is 24.9. The summed E-state index contributed by atoms with van der Waals surface area (Å²) in [6, 6.07) is 0. The van der Waals surface area contributed by atoms with Crippen LogP contribution < -0.4 is 0 Å². The maximum atomic E-state index is 12.9. The molecular weight excluding hydrogens is 1010 g/mol. The number of esters is 3. The van der Waals surface area contributed by atoms with Gasteiger partial charge in [-0.3, -0.25) is 14.4 Å². The highest BCUT2D eigenvalue weighted by Crippen LogP contribution is 2.18. The molecule has 0 N–H and O–H groups in total. The molecule has 82 heavy (non-hydrogen) atoms. The Labute approximate surface area is 511 Å². The molecule has 6 heteroatoms. The molecule has 0 heterocycles. The molecule has 0 aromatic rings. The summed E-state index contributed by atoms with van der Waals surface area (Å²) in [5.41, 5.74) is 0. The van der Waals surface area contributed by atoms with E-state index in [-0.39, 0.29) is 31.1 Å². The molecule has 1 atom stereocenters. The lowest BCUT2D eigenvalue weighted by Gasteiger charge is -2.18. The van der Waals surface area contributed by atoms with Gasteiger partial charge >= 0.3 is 17.9 Å². The van der Waals surface area contributed by atoms with Crippen molar-refractivity contribution in [1.82, 2.24) is 0 Å². The molecule has 0 aliphatic rings. The van der Waals surface area contributed by atoms with Crippen molar-refractivity contribution in [1.29, 1.82) is 0 Å². The first-order valence-corrected chi connectivity index (χ1v) is 36.6. The first-order chi connectivity index (χ1) is 40.5. The van der Waals surface area contributed by atoms with Crippen LogP contribution in [0.5, 0.6) is 0 Å². The molecular formula is C76H140O6. The van der Waals surface area contributed by atoms with Gasteiger partial charge < -0.3 is 14.2 Å². The number of carbonyl (C=O) groups excluding carboxylic acids is 3. The number of allylic oxidation sites excluding steroid dienone is 8. The van der Waals surface area contributed by atoms with E-state index >= 15 is 0 Å². The van der Waals surface area contributed by atoms with E-state index in [0.29, 0.717) is 19.3 Å². The molecule has 0 aliphatic carbocycles. The van der Waals surface area contributed by atoms with Crippen molar-refractivity contribution >= 4 is 17.9 Å². The van der Waals surface area contributed by atoms with Crippen molar-refractivity contribution in [2.45, 2.75) is 406 Å². The standard InChI is InChI=1S/C76H140O6/c1-4-7-10-13-16-19-22-25-28-30-32-33-34-35-36-37-38-39-40-41-42-43-44-46-48-51-54-57-60-63-66-69-75(78)81-72-73(71-80-74(77)68-65-62-59-56-53-50-47-27-24-21-18-15-12-9-6-3)82-76(79)70-67-64-61-58-55-52-49-45-31-29-26-23-20-17-14-11-8-5-2/h22,25,29-32,34-35,73H,4-21,23-24,26-28,33,36-72H2,1-3H3/b25-22-,31-29-,32-30-,35-34-. The lowest BCUT2D eigenvalue weighted by Crippen LogP contribution is -2.30. The lowest BCUT2D eigenvalue weighted by atomic mass is 10.0. The van der Waals surface area contributed by atoms with Crippen molar-refractivity contribution in [2.75, 3.05) is 13.2 Å². The molecule has 0 saturated carbocycles. The van der Waals surface area contributed by atoms with Crippen LogP contribution in [0.25, 0.3) is 0 Å². The summed E-state index contributed by atoms with van der Waals surface area (Å²) in [6.07, 6.45) is 90.0. The van der Waals surface area contributed by atoms with Crippen molar-refractivity contribution in [2.24, 2.45) is 0 Å². The van der Waals surface area contributed by atoms with E-state index in [4.69, 9.17) is 14.2 Å². The van der Waals surface area contributed by atoms with Crippen LogP contribution in [0.1, 0.15) is 400 Å². The smallest absolute Gasteiger partial charge is 0.306 e. The summed E-state index contributed by atoms with van der Waals surface area (Å²) >= 11 is 0. The minimum atomic E-state index is -0.773. The van der Waals surface area contributed by atoms with Gasteiger partial charge in [-0.15, -0.1) is 0 Å². The Morgan fingerprint density at radius 2 is 0.439 bits per heavy atom. The maximum Gasteiger partial charge on any atom is 0.306 e. The fourth-order valence-electron chi connectivity index (χ4n) is 11.0. The second-order valence-electron chi connectivity index (χ2n) is 24.9. The molecule has 480 valence electrons. The zero-order valence-electron chi connectivity index (χ0n) is 55.3. The molecule has 0 fully saturated rings. The summed E-state index contributed by atoms with van der Waals surface area (Å²) in [7, 11) is 0. The highest BCUT2D eigenvalue weighted by atomic mass is 16.6. The van der Waals surface area contributed by atoms with Gasteiger partial charge in [0, 0.05) is 19.3 Å². The largest absolute Gasteiger partial charge is 0.462 e. The molecule has 0 radical (unpaired) electrons. The monoisotopic (exact) mass is 1150 g/mol. The Balaban J connectivity index is 4.20. The molecule has 0 aromatic carbocycles. The van der Waals surface area contributed by atoms with Crippen LogP contribution in [0.3, 0.4) is 0 Å². The molecule has 0 spiro atoms.